The van der Waals surface area contributed by atoms with Crippen LogP contribution < -0.4 is 0 Å². The van der Waals surface area contributed by atoms with E-state index in [1.165, 1.54) is 10.9 Å². The van der Waals surface area contributed by atoms with Crippen LogP contribution in [0, 0.1) is 0 Å². The van der Waals surface area contributed by atoms with Crippen LogP contribution in [0.2, 0.25) is 0 Å². The number of nitrogens with zero attached hydrogens (tertiary/aromatic N) is 3. The van der Waals surface area contributed by atoms with E-state index in [0.29, 0.717) is 23.4 Å². The molecule has 0 saturated carbocycles. The molecule has 11 aromatic rings. The topological polar surface area (TPSA) is 65.0 Å². The lowest BCUT2D eigenvalue weighted by Crippen LogP contribution is -2.02. The summed E-state index contributed by atoms with van der Waals surface area (Å²) < 4.78 is 13.1. The van der Waals surface area contributed by atoms with Gasteiger partial charge in [0.1, 0.15) is 22.5 Å². The van der Waals surface area contributed by atoms with E-state index in [1.807, 2.05) is 18.2 Å². The van der Waals surface area contributed by atoms with Crippen molar-refractivity contribution in [3.63, 3.8) is 0 Å². The minimum absolute atomic E-state index is 0.303. The van der Waals surface area contributed by atoms with Gasteiger partial charge in [-0.2, -0.15) is 0 Å². The van der Waals surface area contributed by atoms with Crippen molar-refractivity contribution < 1.29 is 8.83 Å². The summed E-state index contributed by atoms with van der Waals surface area (Å²) in [6.45, 7) is 2.26. The molecule has 3 aromatic heterocycles. The third-order valence-electron chi connectivity index (χ3n) is 12.0. The van der Waals surface area contributed by atoms with Crippen molar-refractivity contribution in [1.82, 2.24) is 15.0 Å². The zero-order valence-electron chi connectivity index (χ0n) is 32.2. The Hall–Kier alpha value is -7.63. The van der Waals surface area contributed by atoms with Crippen LogP contribution in [0.5, 0.6) is 0 Å². The molecule has 0 N–H and O–H groups in total. The average Bonchev–Trinajstić information content (AvgIpc) is 3.88. The Labute approximate surface area is 340 Å². The van der Waals surface area contributed by atoms with E-state index in [4.69, 9.17) is 23.8 Å². The summed E-state index contributed by atoms with van der Waals surface area (Å²) in [6, 6.07) is 57.2. The maximum Gasteiger partial charge on any atom is 0.164 e. The smallest absolute Gasteiger partial charge is 0.164 e. The van der Waals surface area contributed by atoms with Crippen molar-refractivity contribution in [2.75, 3.05) is 0 Å². The van der Waals surface area contributed by atoms with Crippen molar-refractivity contribution in [2.24, 2.45) is 0 Å². The van der Waals surface area contributed by atoms with Crippen LogP contribution in [0.1, 0.15) is 30.6 Å². The zero-order valence-corrected chi connectivity index (χ0v) is 32.2. The fraction of sp³-hybridized carbons (Fsp3) is 0.0556. The predicted octanol–water partition coefficient (Wildman–Crippen LogP) is 14.7. The number of fused-ring (bicyclic) bond motifs is 8. The number of rotatable bonds is 5. The highest BCUT2D eigenvalue weighted by Gasteiger charge is 2.25. The van der Waals surface area contributed by atoms with Crippen LogP contribution in [-0.4, -0.2) is 15.0 Å². The molecule has 1 atom stereocenters. The van der Waals surface area contributed by atoms with E-state index in [9.17, 15) is 0 Å². The van der Waals surface area contributed by atoms with Gasteiger partial charge in [-0.15, -0.1) is 0 Å². The van der Waals surface area contributed by atoms with Gasteiger partial charge in [0.15, 0.2) is 17.5 Å². The van der Waals surface area contributed by atoms with E-state index < -0.39 is 0 Å². The van der Waals surface area contributed by atoms with Gasteiger partial charge in [0.2, 0.25) is 0 Å². The molecular formula is C54H35N3O2. The molecule has 0 bridgehead atoms. The highest BCUT2D eigenvalue weighted by molar-refractivity contribution is 6.18. The van der Waals surface area contributed by atoms with Crippen LogP contribution in [0.25, 0.3) is 117 Å². The fourth-order valence-electron chi connectivity index (χ4n) is 9.21. The largest absolute Gasteiger partial charge is 0.456 e. The molecule has 5 heteroatoms. The standard InChI is InChI=1S/C54H35N3O2/c1-32-13-9-24-45-48(32)50-44(23-12-26-47(50)58-45)54-56-52(36-28-27-33-14-5-6-17-35(33)31-36)55-53(57-54)42-30-29-40(38-18-7-8-19-39(38)42)41-21-11-25-46-49(41)43-22-10-20-37(51(43)59-46)34-15-3-2-4-16-34/h2-12,14-32H,13H2,1H3. The first-order chi connectivity index (χ1) is 29.2. The highest BCUT2D eigenvalue weighted by atomic mass is 16.3. The molecule has 12 rings (SSSR count). The SMILES string of the molecule is CC1CC=Cc2oc3cccc(-c4nc(-c5ccc6ccccc6c5)nc(-c5ccc(-c6cccc7oc8c(-c9ccccc9)cccc8c67)c6ccccc56)n4)c3c21. The monoisotopic (exact) mass is 757 g/mol. The van der Waals surface area contributed by atoms with E-state index in [0.717, 1.165) is 100 Å². The molecule has 5 nitrogen and oxygen atoms in total. The lowest BCUT2D eigenvalue weighted by Gasteiger charge is -2.15. The van der Waals surface area contributed by atoms with Crippen LogP contribution in [0.3, 0.4) is 0 Å². The van der Waals surface area contributed by atoms with Gasteiger partial charge in [0, 0.05) is 44.0 Å². The number of benzene rings is 8. The van der Waals surface area contributed by atoms with Crippen LogP contribution in [0.4, 0.5) is 0 Å². The third-order valence-corrected chi connectivity index (χ3v) is 12.0. The molecule has 3 heterocycles. The third kappa shape index (κ3) is 5.35. The molecule has 0 fully saturated rings. The number of allylic oxidation sites excluding steroid dienone is 1. The average molecular weight is 758 g/mol. The van der Waals surface area contributed by atoms with Crippen molar-refractivity contribution in [3.05, 3.63) is 181 Å². The summed E-state index contributed by atoms with van der Waals surface area (Å²) in [5, 5.41) is 7.71. The van der Waals surface area contributed by atoms with Gasteiger partial charge >= 0.3 is 0 Å². The fourth-order valence-corrected chi connectivity index (χ4v) is 9.21. The lowest BCUT2D eigenvalue weighted by molar-refractivity contribution is 0.586. The molecule has 0 radical (unpaired) electrons. The molecule has 1 unspecified atom stereocenters. The van der Waals surface area contributed by atoms with Crippen molar-refractivity contribution in [1.29, 1.82) is 0 Å². The maximum absolute atomic E-state index is 6.67. The Morgan fingerprint density at radius 3 is 1.95 bits per heavy atom. The number of para-hydroxylation sites is 1. The molecule has 0 aliphatic heterocycles. The van der Waals surface area contributed by atoms with Crippen molar-refractivity contribution in [2.45, 2.75) is 19.3 Å². The molecule has 0 saturated heterocycles. The Kier molecular flexibility index (Phi) is 7.51. The van der Waals surface area contributed by atoms with Gasteiger partial charge in [-0.05, 0) is 80.9 Å². The summed E-state index contributed by atoms with van der Waals surface area (Å²) in [5.41, 5.74) is 11.0. The van der Waals surface area contributed by atoms with E-state index >= 15 is 0 Å². The minimum atomic E-state index is 0.303. The second kappa shape index (κ2) is 13.2. The molecule has 1 aliphatic carbocycles. The number of hydrogen-bond donors (Lipinski definition) is 0. The van der Waals surface area contributed by atoms with Gasteiger partial charge in [-0.25, -0.2) is 15.0 Å². The molecule has 1 aliphatic rings. The second-order valence-corrected chi connectivity index (χ2v) is 15.5. The summed E-state index contributed by atoms with van der Waals surface area (Å²) in [5.74, 6) is 3.06. The first-order valence-electron chi connectivity index (χ1n) is 20.2. The molecule has 8 aromatic carbocycles. The van der Waals surface area contributed by atoms with Crippen LogP contribution in [-0.2, 0) is 0 Å². The maximum atomic E-state index is 6.67. The summed E-state index contributed by atoms with van der Waals surface area (Å²) >= 11 is 0. The van der Waals surface area contributed by atoms with Crippen LogP contribution in [0.15, 0.2) is 179 Å². The first-order valence-corrected chi connectivity index (χ1v) is 20.2. The molecular weight excluding hydrogens is 723 g/mol. The van der Waals surface area contributed by atoms with E-state index in [2.05, 4.69) is 165 Å². The van der Waals surface area contributed by atoms with E-state index in [-0.39, 0.29) is 0 Å². The van der Waals surface area contributed by atoms with Gasteiger partial charge in [-0.3, -0.25) is 0 Å². The Morgan fingerprint density at radius 1 is 0.458 bits per heavy atom. The minimum Gasteiger partial charge on any atom is -0.456 e. The number of aromatic nitrogens is 3. The van der Waals surface area contributed by atoms with Crippen molar-refractivity contribution >= 4 is 60.5 Å². The van der Waals surface area contributed by atoms with Gasteiger partial charge in [0.25, 0.3) is 0 Å². The quantitative estimate of drug-likeness (QED) is 0.175. The van der Waals surface area contributed by atoms with E-state index in [1.54, 1.807) is 0 Å². The normalized spacial score (nSPS) is 13.9. The summed E-state index contributed by atoms with van der Waals surface area (Å²) in [7, 11) is 0. The van der Waals surface area contributed by atoms with Gasteiger partial charge in [0.05, 0.1) is 0 Å². The molecule has 0 amide bonds. The lowest BCUT2D eigenvalue weighted by atomic mass is 9.89. The predicted molar refractivity (Wildman–Crippen MR) is 241 cm³/mol. The molecule has 278 valence electrons. The molecule has 59 heavy (non-hydrogen) atoms. The van der Waals surface area contributed by atoms with Crippen molar-refractivity contribution in [3.8, 4) is 56.4 Å². The Balaban J connectivity index is 1.08. The first kappa shape index (κ1) is 33.5. The Bertz CT molecular complexity index is 3500. The van der Waals surface area contributed by atoms with Gasteiger partial charge in [-0.1, -0.05) is 153 Å². The summed E-state index contributed by atoms with van der Waals surface area (Å²) in [4.78, 5) is 15.9. The van der Waals surface area contributed by atoms with Gasteiger partial charge < -0.3 is 8.83 Å². The summed E-state index contributed by atoms with van der Waals surface area (Å²) in [6.07, 6.45) is 5.25. The Morgan fingerprint density at radius 2 is 1.10 bits per heavy atom. The number of hydrogen-bond acceptors (Lipinski definition) is 5. The highest BCUT2D eigenvalue weighted by Crippen LogP contribution is 2.45. The number of furan rings is 2. The second-order valence-electron chi connectivity index (χ2n) is 15.5. The zero-order chi connectivity index (χ0) is 39.0. The van der Waals surface area contributed by atoms with Crippen LogP contribution >= 0.6 is 0 Å². The molecule has 0 spiro atoms.